The molecule has 8 heteroatoms. The van der Waals surface area contributed by atoms with Gasteiger partial charge in [-0.15, -0.1) is 0 Å². The van der Waals surface area contributed by atoms with Gasteiger partial charge in [0.1, 0.15) is 12.4 Å². The maximum atomic E-state index is 12.8. The SMILES string of the molecule is O=c1nc(N2CCOCC2)oc2c(-c3ccsc3)c(OCc3cccnc3)ccc12. The fourth-order valence-corrected chi connectivity index (χ4v) is 4.08. The van der Waals surface area contributed by atoms with Gasteiger partial charge in [-0.2, -0.15) is 16.3 Å². The fourth-order valence-electron chi connectivity index (χ4n) is 3.44. The van der Waals surface area contributed by atoms with Crippen molar-refractivity contribution in [3.63, 3.8) is 0 Å². The van der Waals surface area contributed by atoms with Crippen molar-refractivity contribution in [1.29, 1.82) is 0 Å². The molecule has 0 aliphatic carbocycles. The summed E-state index contributed by atoms with van der Waals surface area (Å²) in [5.74, 6) is 0.645. The molecule has 0 radical (unpaired) electrons. The van der Waals surface area contributed by atoms with E-state index < -0.39 is 0 Å². The van der Waals surface area contributed by atoms with Crippen molar-refractivity contribution in [3.05, 3.63) is 69.4 Å². The number of hydrogen-bond acceptors (Lipinski definition) is 8. The molecule has 1 saturated heterocycles. The van der Waals surface area contributed by atoms with Crippen molar-refractivity contribution in [2.24, 2.45) is 0 Å². The van der Waals surface area contributed by atoms with Gasteiger partial charge in [-0.3, -0.25) is 9.78 Å². The van der Waals surface area contributed by atoms with Crippen molar-refractivity contribution in [1.82, 2.24) is 9.97 Å². The lowest BCUT2D eigenvalue weighted by Crippen LogP contribution is -2.37. The molecule has 0 amide bonds. The number of rotatable bonds is 5. The predicted octanol–water partition coefficient (Wildman–Crippen LogP) is 3.73. The molecule has 0 spiro atoms. The van der Waals surface area contributed by atoms with Crippen molar-refractivity contribution < 1.29 is 13.9 Å². The summed E-state index contributed by atoms with van der Waals surface area (Å²) in [7, 11) is 0. The van der Waals surface area contributed by atoms with Crippen molar-refractivity contribution in [3.8, 4) is 16.9 Å². The molecule has 1 fully saturated rings. The van der Waals surface area contributed by atoms with E-state index in [1.807, 2.05) is 33.9 Å². The molecule has 7 nitrogen and oxygen atoms in total. The van der Waals surface area contributed by atoms with Gasteiger partial charge in [0, 0.05) is 31.0 Å². The van der Waals surface area contributed by atoms with Crippen LogP contribution in [0.25, 0.3) is 22.1 Å². The summed E-state index contributed by atoms with van der Waals surface area (Å²) in [5, 5.41) is 4.43. The van der Waals surface area contributed by atoms with Gasteiger partial charge in [-0.1, -0.05) is 6.07 Å². The lowest BCUT2D eigenvalue weighted by molar-refractivity contribution is 0.120. The van der Waals surface area contributed by atoms with Crippen LogP contribution < -0.4 is 15.2 Å². The number of nitrogens with zero attached hydrogens (tertiary/aromatic N) is 3. The van der Waals surface area contributed by atoms with Crippen LogP contribution in [0.4, 0.5) is 6.01 Å². The monoisotopic (exact) mass is 421 g/mol. The highest BCUT2D eigenvalue weighted by Gasteiger charge is 2.21. The maximum absolute atomic E-state index is 12.8. The molecule has 4 heterocycles. The van der Waals surface area contributed by atoms with Crippen LogP contribution in [0.5, 0.6) is 5.75 Å². The van der Waals surface area contributed by atoms with Crippen molar-refractivity contribution in [2.45, 2.75) is 6.61 Å². The van der Waals surface area contributed by atoms with E-state index in [-0.39, 0.29) is 5.56 Å². The summed E-state index contributed by atoms with van der Waals surface area (Å²) in [4.78, 5) is 23.0. The Morgan fingerprint density at radius 3 is 2.83 bits per heavy atom. The number of pyridine rings is 1. The van der Waals surface area contributed by atoms with E-state index in [1.165, 1.54) is 0 Å². The van der Waals surface area contributed by atoms with Crippen molar-refractivity contribution >= 4 is 28.3 Å². The molecular formula is C22H19N3O4S. The first-order valence-electron chi connectivity index (χ1n) is 9.64. The third-order valence-electron chi connectivity index (χ3n) is 4.95. The maximum Gasteiger partial charge on any atom is 0.301 e. The molecule has 0 bridgehead atoms. The lowest BCUT2D eigenvalue weighted by atomic mass is 10.0. The number of morpholine rings is 1. The molecule has 1 aliphatic heterocycles. The summed E-state index contributed by atoms with van der Waals surface area (Å²) < 4.78 is 17.7. The van der Waals surface area contributed by atoms with E-state index in [4.69, 9.17) is 13.9 Å². The van der Waals surface area contributed by atoms with Crippen LogP contribution in [0.3, 0.4) is 0 Å². The number of ether oxygens (including phenoxy) is 2. The quantitative estimate of drug-likeness (QED) is 0.486. The average Bonchev–Trinajstić information content (AvgIpc) is 3.33. The van der Waals surface area contributed by atoms with Crippen molar-refractivity contribution in [2.75, 3.05) is 31.2 Å². The number of fused-ring (bicyclic) bond motifs is 1. The summed E-state index contributed by atoms with van der Waals surface area (Å²) in [5.41, 5.74) is 2.83. The number of thiophene rings is 1. The molecule has 152 valence electrons. The molecule has 0 atom stereocenters. The van der Waals surface area contributed by atoms with Gasteiger partial charge in [-0.05, 0) is 40.6 Å². The zero-order chi connectivity index (χ0) is 20.3. The molecule has 5 rings (SSSR count). The highest BCUT2D eigenvalue weighted by Crippen LogP contribution is 2.38. The highest BCUT2D eigenvalue weighted by molar-refractivity contribution is 7.08. The van der Waals surface area contributed by atoms with Gasteiger partial charge >= 0.3 is 6.01 Å². The van der Waals surface area contributed by atoms with E-state index in [1.54, 1.807) is 35.9 Å². The normalized spacial score (nSPS) is 14.2. The van der Waals surface area contributed by atoms with Gasteiger partial charge in [-0.25, -0.2) is 0 Å². The summed E-state index contributed by atoms with van der Waals surface area (Å²) in [6.07, 6.45) is 3.50. The van der Waals surface area contributed by atoms with Crippen LogP contribution in [0.2, 0.25) is 0 Å². The Kier molecular flexibility index (Phi) is 5.17. The predicted molar refractivity (Wildman–Crippen MR) is 115 cm³/mol. The number of benzene rings is 1. The van der Waals surface area contributed by atoms with E-state index in [0.717, 1.165) is 16.7 Å². The molecule has 0 unspecified atom stereocenters. The van der Waals surface area contributed by atoms with Crippen LogP contribution in [-0.2, 0) is 11.3 Å². The number of hydrogen-bond donors (Lipinski definition) is 0. The minimum absolute atomic E-state index is 0.312. The molecule has 0 saturated carbocycles. The van der Waals surface area contributed by atoms with Crippen LogP contribution in [0, 0.1) is 0 Å². The van der Waals surface area contributed by atoms with Gasteiger partial charge in [0.15, 0.2) is 5.58 Å². The van der Waals surface area contributed by atoms with Crippen LogP contribution in [-0.4, -0.2) is 36.3 Å². The minimum atomic E-state index is -0.312. The largest absolute Gasteiger partial charge is 0.488 e. The Morgan fingerprint density at radius 2 is 2.07 bits per heavy atom. The Morgan fingerprint density at radius 1 is 1.17 bits per heavy atom. The zero-order valence-electron chi connectivity index (χ0n) is 16.1. The Hall–Kier alpha value is -3.23. The van der Waals surface area contributed by atoms with Gasteiger partial charge < -0.3 is 18.8 Å². The van der Waals surface area contributed by atoms with Gasteiger partial charge in [0.2, 0.25) is 0 Å². The second kappa shape index (κ2) is 8.25. The average molecular weight is 421 g/mol. The first-order chi connectivity index (χ1) is 14.8. The standard InChI is InChI=1S/C22H19N3O4S/c26-21-17-3-4-18(28-13-15-2-1-6-23-12-15)19(16-5-11-30-14-16)20(17)29-22(24-21)25-7-9-27-10-8-25/h1-6,11-12,14H,7-10,13H2. The van der Waals surface area contributed by atoms with Crippen LogP contribution in [0.15, 0.2) is 62.7 Å². The van der Waals surface area contributed by atoms with Crippen LogP contribution >= 0.6 is 11.3 Å². The van der Waals surface area contributed by atoms with Gasteiger partial charge in [0.05, 0.1) is 24.2 Å². The molecule has 3 aromatic heterocycles. The van der Waals surface area contributed by atoms with E-state index >= 15 is 0 Å². The van der Waals surface area contributed by atoms with Crippen LogP contribution in [0.1, 0.15) is 5.56 Å². The molecular weight excluding hydrogens is 402 g/mol. The minimum Gasteiger partial charge on any atom is -0.488 e. The number of aromatic nitrogens is 2. The second-order valence-electron chi connectivity index (χ2n) is 6.88. The molecule has 0 N–H and O–H groups in total. The Balaban J connectivity index is 1.63. The van der Waals surface area contributed by atoms with E-state index in [9.17, 15) is 4.79 Å². The smallest absolute Gasteiger partial charge is 0.301 e. The molecule has 4 aromatic rings. The molecule has 30 heavy (non-hydrogen) atoms. The lowest BCUT2D eigenvalue weighted by Gasteiger charge is -2.26. The van der Waals surface area contributed by atoms with Gasteiger partial charge in [0.25, 0.3) is 5.56 Å². The fraction of sp³-hybridized carbons (Fsp3) is 0.227. The molecule has 1 aliphatic rings. The third-order valence-corrected chi connectivity index (χ3v) is 5.63. The molecule has 1 aromatic carbocycles. The Bertz CT molecular complexity index is 1200. The van der Waals surface area contributed by atoms with E-state index in [0.29, 0.717) is 55.6 Å². The third kappa shape index (κ3) is 3.67. The highest BCUT2D eigenvalue weighted by atomic mass is 32.1. The Labute approximate surface area is 176 Å². The summed E-state index contributed by atoms with van der Waals surface area (Å²) in [6, 6.07) is 9.66. The summed E-state index contributed by atoms with van der Waals surface area (Å²) in [6.45, 7) is 2.78. The second-order valence-corrected chi connectivity index (χ2v) is 7.66. The van der Waals surface area contributed by atoms with E-state index in [2.05, 4.69) is 9.97 Å². The zero-order valence-corrected chi connectivity index (χ0v) is 16.9. The summed E-state index contributed by atoms with van der Waals surface area (Å²) >= 11 is 1.57. The topological polar surface area (TPSA) is 77.7 Å². The first kappa shape index (κ1) is 18.8. The first-order valence-corrected chi connectivity index (χ1v) is 10.6. The number of anilines is 1.